The van der Waals surface area contributed by atoms with Crippen molar-refractivity contribution in [2.24, 2.45) is 5.41 Å². The highest BCUT2D eigenvalue weighted by Crippen LogP contribution is 2.38. The SMILES string of the molecule is CC(C)(C)c1ncsc1C(=O)N1CCC2(CCNC2)CC1.Cl.Cl. The summed E-state index contributed by atoms with van der Waals surface area (Å²) in [4.78, 5) is 20.1. The summed E-state index contributed by atoms with van der Waals surface area (Å²) in [6.07, 6.45) is 3.54. The summed E-state index contributed by atoms with van der Waals surface area (Å²) in [5, 5.41) is 3.47. The Morgan fingerprint density at radius 3 is 2.43 bits per heavy atom. The Balaban J connectivity index is 0.00000132. The molecule has 0 aromatic carbocycles. The molecule has 2 aliphatic rings. The molecule has 0 bridgehead atoms. The molecule has 2 saturated heterocycles. The normalized spacial score (nSPS) is 20.0. The number of hydrogen-bond donors (Lipinski definition) is 1. The lowest BCUT2D eigenvalue weighted by Gasteiger charge is -2.39. The van der Waals surface area contributed by atoms with Crippen LogP contribution in [0.2, 0.25) is 0 Å². The number of carbonyl (C=O) groups excluding carboxylic acids is 1. The predicted molar refractivity (Wildman–Crippen MR) is 100 cm³/mol. The summed E-state index contributed by atoms with van der Waals surface area (Å²) in [5.74, 6) is 0.184. The second-order valence-corrected chi connectivity index (χ2v) is 8.35. The minimum absolute atomic E-state index is 0. The van der Waals surface area contributed by atoms with Crippen LogP contribution in [0.4, 0.5) is 0 Å². The van der Waals surface area contributed by atoms with Crippen LogP contribution < -0.4 is 5.32 Å². The number of amides is 1. The van der Waals surface area contributed by atoms with E-state index in [4.69, 9.17) is 0 Å². The van der Waals surface area contributed by atoms with Crippen molar-refractivity contribution in [3.63, 3.8) is 0 Å². The third-order valence-corrected chi connectivity index (χ3v) is 5.73. The van der Waals surface area contributed by atoms with Gasteiger partial charge in [-0.05, 0) is 31.2 Å². The van der Waals surface area contributed by atoms with Crippen LogP contribution >= 0.6 is 36.2 Å². The Labute approximate surface area is 155 Å². The highest BCUT2D eigenvalue weighted by Gasteiger charge is 2.39. The van der Waals surface area contributed by atoms with E-state index in [2.05, 4.69) is 31.1 Å². The molecule has 0 atom stereocenters. The molecule has 0 unspecified atom stereocenters. The summed E-state index contributed by atoms with van der Waals surface area (Å²) < 4.78 is 0. The van der Waals surface area contributed by atoms with Gasteiger partial charge in [-0.2, -0.15) is 0 Å². The predicted octanol–water partition coefficient (Wildman–Crippen LogP) is 3.50. The summed E-state index contributed by atoms with van der Waals surface area (Å²) in [6.45, 7) is 10.4. The highest BCUT2D eigenvalue weighted by molar-refractivity contribution is 7.11. The van der Waals surface area contributed by atoms with Gasteiger partial charge in [-0.3, -0.25) is 4.79 Å². The Kier molecular flexibility index (Phi) is 6.91. The van der Waals surface area contributed by atoms with E-state index < -0.39 is 0 Å². The molecule has 3 rings (SSSR count). The summed E-state index contributed by atoms with van der Waals surface area (Å²) in [7, 11) is 0. The van der Waals surface area contributed by atoms with Crippen LogP contribution in [0, 0.1) is 5.41 Å². The summed E-state index contributed by atoms with van der Waals surface area (Å²) in [6, 6.07) is 0. The van der Waals surface area contributed by atoms with Crippen molar-refractivity contribution in [2.45, 2.75) is 45.4 Å². The first-order valence-electron chi connectivity index (χ1n) is 7.85. The summed E-state index contributed by atoms with van der Waals surface area (Å²) in [5.41, 5.74) is 3.13. The Bertz CT molecular complexity index is 526. The van der Waals surface area contributed by atoms with Gasteiger partial charge >= 0.3 is 0 Å². The van der Waals surface area contributed by atoms with E-state index in [1.807, 2.05) is 4.90 Å². The number of halogens is 2. The van der Waals surface area contributed by atoms with Crippen molar-refractivity contribution < 1.29 is 4.79 Å². The molecular weight excluding hydrogens is 353 g/mol. The van der Waals surface area contributed by atoms with Gasteiger partial charge in [0, 0.05) is 25.0 Å². The zero-order valence-electron chi connectivity index (χ0n) is 14.1. The van der Waals surface area contributed by atoms with Crippen LogP contribution in [0.25, 0.3) is 0 Å². The molecule has 4 nitrogen and oxygen atoms in total. The molecule has 1 N–H and O–H groups in total. The maximum atomic E-state index is 12.8. The standard InChI is InChI=1S/C16H25N3OS.2ClH/c1-15(2,3)13-12(21-11-18-13)14(20)19-8-5-16(6-9-19)4-7-17-10-16;;/h11,17H,4-10H2,1-3H3;2*1H. The fourth-order valence-corrected chi connectivity index (χ4v) is 4.45. The van der Waals surface area contributed by atoms with E-state index in [-0.39, 0.29) is 36.1 Å². The van der Waals surface area contributed by atoms with Crippen molar-refractivity contribution in [2.75, 3.05) is 26.2 Å². The van der Waals surface area contributed by atoms with Crippen molar-refractivity contribution in [3.05, 3.63) is 16.1 Å². The van der Waals surface area contributed by atoms with Gasteiger partial charge < -0.3 is 10.2 Å². The van der Waals surface area contributed by atoms with Crippen molar-refractivity contribution in [3.8, 4) is 0 Å². The minimum atomic E-state index is -0.0720. The topological polar surface area (TPSA) is 45.2 Å². The third-order valence-electron chi connectivity index (χ3n) is 4.92. The van der Waals surface area contributed by atoms with Crippen LogP contribution in [-0.4, -0.2) is 42.0 Å². The number of nitrogens with one attached hydrogen (secondary N) is 1. The number of piperidine rings is 1. The monoisotopic (exact) mass is 379 g/mol. The largest absolute Gasteiger partial charge is 0.338 e. The lowest BCUT2D eigenvalue weighted by atomic mass is 9.78. The molecule has 0 radical (unpaired) electrons. The van der Waals surface area contributed by atoms with Gasteiger partial charge in [0.2, 0.25) is 0 Å². The molecule has 132 valence electrons. The first-order valence-corrected chi connectivity index (χ1v) is 8.73. The number of thiazole rings is 1. The smallest absolute Gasteiger partial charge is 0.265 e. The molecule has 0 saturated carbocycles. The van der Waals surface area contributed by atoms with E-state index in [0.717, 1.165) is 49.6 Å². The molecular formula is C16H27Cl2N3OS. The molecule has 0 aliphatic carbocycles. The average Bonchev–Trinajstić information content (AvgIpc) is 3.07. The first-order chi connectivity index (χ1) is 9.91. The number of hydrogen-bond acceptors (Lipinski definition) is 4. The second kappa shape index (κ2) is 7.68. The van der Waals surface area contributed by atoms with Gasteiger partial charge in [0.25, 0.3) is 5.91 Å². The molecule has 1 spiro atoms. The van der Waals surface area contributed by atoms with Crippen LogP contribution in [-0.2, 0) is 5.41 Å². The Morgan fingerprint density at radius 1 is 1.26 bits per heavy atom. The minimum Gasteiger partial charge on any atom is -0.338 e. The quantitative estimate of drug-likeness (QED) is 0.811. The van der Waals surface area contributed by atoms with E-state index in [9.17, 15) is 4.79 Å². The van der Waals surface area contributed by atoms with Gasteiger partial charge in [0.15, 0.2) is 0 Å². The Hall–Kier alpha value is -0.360. The molecule has 1 amide bonds. The molecule has 7 heteroatoms. The number of nitrogens with zero attached hydrogens (tertiary/aromatic N) is 2. The van der Waals surface area contributed by atoms with Crippen LogP contribution in [0.3, 0.4) is 0 Å². The number of carbonyl (C=O) groups is 1. The van der Waals surface area contributed by atoms with Crippen molar-refractivity contribution >= 4 is 42.1 Å². The summed E-state index contributed by atoms with van der Waals surface area (Å²) >= 11 is 1.49. The number of rotatable bonds is 1. The lowest BCUT2D eigenvalue weighted by molar-refractivity contribution is 0.0610. The number of likely N-dealkylation sites (tertiary alicyclic amines) is 1. The van der Waals surface area contributed by atoms with E-state index in [0.29, 0.717) is 5.41 Å². The van der Waals surface area contributed by atoms with Gasteiger partial charge in [0.05, 0.1) is 11.2 Å². The van der Waals surface area contributed by atoms with Gasteiger partial charge in [-0.25, -0.2) is 4.98 Å². The molecule has 2 aliphatic heterocycles. The Morgan fingerprint density at radius 2 is 1.91 bits per heavy atom. The molecule has 1 aromatic heterocycles. The maximum Gasteiger partial charge on any atom is 0.265 e. The van der Waals surface area contributed by atoms with Crippen LogP contribution in [0.5, 0.6) is 0 Å². The van der Waals surface area contributed by atoms with Gasteiger partial charge in [-0.15, -0.1) is 36.2 Å². The molecule has 23 heavy (non-hydrogen) atoms. The van der Waals surface area contributed by atoms with E-state index >= 15 is 0 Å². The molecule has 1 aromatic rings. The zero-order chi connectivity index (χ0) is 15.1. The fraction of sp³-hybridized carbons (Fsp3) is 0.750. The number of aromatic nitrogens is 1. The van der Waals surface area contributed by atoms with Crippen LogP contribution in [0.15, 0.2) is 5.51 Å². The molecule has 3 heterocycles. The third kappa shape index (κ3) is 4.19. The van der Waals surface area contributed by atoms with Gasteiger partial charge in [-0.1, -0.05) is 20.8 Å². The fourth-order valence-electron chi connectivity index (χ4n) is 3.48. The van der Waals surface area contributed by atoms with E-state index in [1.165, 1.54) is 17.8 Å². The van der Waals surface area contributed by atoms with Crippen molar-refractivity contribution in [1.29, 1.82) is 0 Å². The van der Waals surface area contributed by atoms with Crippen LogP contribution in [0.1, 0.15) is 55.4 Å². The lowest BCUT2D eigenvalue weighted by Crippen LogP contribution is -2.44. The second-order valence-electron chi connectivity index (χ2n) is 7.50. The first kappa shape index (κ1) is 20.7. The highest BCUT2D eigenvalue weighted by atomic mass is 35.5. The molecule has 2 fully saturated rings. The van der Waals surface area contributed by atoms with Crippen molar-refractivity contribution in [1.82, 2.24) is 15.2 Å². The van der Waals surface area contributed by atoms with E-state index in [1.54, 1.807) is 5.51 Å². The zero-order valence-corrected chi connectivity index (χ0v) is 16.5. The average molecular weight is 380 g/mol. The van der Waals surface area contributed by atoms with Gasteiger partial charge in [0.1, 0.15) is 4.88 Å². The maximum absolute atomic E-state index is 12.8.